The molecule has 0 unspecified atom stereocenters. The van der Waals surface area contributed by atoms with Crippen LogP contribution in [0, 0.1) is 5.82 Å². The molecule has 2 N–H and O–H groups in total. The predicted octanol–water partition coefficient (Wildman–Crippen LogP) is 7.59. The van der Waals surface area contributed by atoms with Crippen molar-refractivity contribution in [3.05, 3.63) is 108 Å². The molecular formula is C31H29FN4. The summed E-state index contributed by atoms with van der Waals surface area (Å²) >= 11 is 0. The van der Waals surface area contributed by atoms with Crippen molar-refractivity contribution in [2.75, 3.05) is 20.6 Å². The lowest BCUT2D eigenvalue weighted by Gasteiger charge is -2.11. The van der Waals surface area contributed by atoms with Gasteiger partial charge in [-0.05, 0) is 85.3 Å². The third kappa shape index (κ3) is 4.53. The first-order chi connectivity index (χ1) is 17.5. The van der Waals surface area contributed by atoms with E-state index in [0.29, 0.717) is 0 Å². The first kappa shape index (κ1) is 23.5. The molecule has 2 heterocycles. The first-order valence-corrected chi connectivity index (χ1v) is 12.0. The van der Waals surface area contributed by atoms with Gasteiger partial charge in [0.15, 0.2) is 0 Å². The Morgan fingerprint density at radius 3 is 2.58 bits per heavy atom. The number of aromatic amines is 2. The molecule has 0 atom stereocenters. The molecular weight excluding hydrogens is 447 g/mol. The molecule has 2 aromatic heterocycles. The number of nitrogens with one attached hydrogen (secondary N) is 2. The number of nitrogens with zero attached hydrogens (tertiary/aromatic N) is 2. The fraction of sp³-hybridized carbons (Fsp3) is 0.129. The molecule has 5 aromatic rings. The Hall–Kier alpha value is -4.22. The van der Waals surface area contributed by atoms with Crippen LogP contribution >= 0.6 is 0 Å². The van der Waals surface area contributed by atoms with Crippen molar-refractivity contribution >= 4 is 27.4 Å². The SMILES string of the molecule is C=C/C(=C\C(=C/C)c1ccc2[nH]nc(-c3cc4c(-c5cccc(F)c5)cccc4[nH]3)c2c1)CN(C)C. The van der Waals surface area contributed by atoms with Crippen LogP contribution in [0.2, 0.25) is 0 Å². The Bertz CT molecular complexity index is 1630. The second-order valence-electron chi connectivity index (χ2n) is 9.20. The molecule has 180 valence electrons. The average molecular weight is 477 g/mol. The van der Waals surface area contributed by atoms with E-state index in [0.717, 1.165) is 67.6 Å². The molecule has 0 bridgehead atoms. The third-order valence-electron chi connectivity index (χ3n) is 6.36. The maximum absolute atomic E-state index is 13.9. The van der Waals surface area contributed by atoms with Gasteiger partial charge in [-0.15, -0.1) is 0 Å². The molecule has 0 aliphatic heterocycles. The van der Waals surface area contributed by atoms with Crippen molar-refractivity contribution in [1.29, 1.82) is 0 Å². The lowest BCUT2D eigenvalue weighted by molar-refractivity contribution is 0.449. The second-order valence-corrected chi connectivity index (χ2v) is 9.20. The molecule has 0 saturated heterocycles. The zero-order valence-electron chi connectivity index (χ0n) is 20.8. The quantitative estimate of drug-likeness (QED) is 0.238. The van der Waals surface area contributed by atoms with E-state index in [1.807, 2.05) is 37.3 Å². The summed E-state index contributed by atoms with van der Waals surface area (Å²) in [7, 11) is 4.10. The lowest BCUT2D eigenvalue weighted by Crippen LogP contribution is -2.14. The summed E-state index contributed by atoms with van der Waals surface area (Å²) in [5.41, 5.74) is 8.94. The number of fused-ring (bicyclic) bond motifs is 2. The molecule has 4 nitrogen and oxygen atoms in total. The number of H-pyrrole nitrogens is 2. The van der Waals surface area contributed by atoms with Crippen molar-refractivity contribution in [3.8, 4) is 22.5 Å². The highest BCUT2D eigenvalue weighted by atomic mass is 19.1. The van der Waals surface area contributed by atoms with Gasteiger partial charge in [-0.2, -0.15) is 5.10 Å². The molecule has 0 spiro atoms. The largest absolute Gasteiger partial charge is 0.353 e. The number of rotatable bonds is 7. The van der Waals surface area contributed by atoms with E-state index in [1.54, 1.807) is 12.1 Å². The van der Waals surface area contributed by atoms with Gasteiger partial charge < -0.3 is 9.88 Å². The number of halogens is 1. The summed E-state index contributed by atoms with van der Waals surface area (Å²) in [6, 6.07) is 21.2. The molecule has 0 fully saturated rings. The zero-order valence-corrected chi connectivity index (χ0v) is 20.8. The normalized spacial score (nSPS) is 12.7. The Kier molecular flexibility index (Phi) is 6.40. The highest BCUT2D eigenvalue weighted by Crippen LogP contribution is 2.35. The van der Waals surface area contributed by atoms with Crippen LogP contribution in [0.15, 0.2) is 97.1 Å². The molecule has 0 aliphatic rings. The van der Waals surface area contributed by atoms with Crippen LogP contribution in [0.1, 0.15) is 12.5 Å². The smallest absolute Gasteiger partial charge is 0.123 e. The maximum Gasteiger partial charge on any atom is 0.123 e. The van der Waals surface area contributed by atoms with Crippen LogP contribution in [0.5, 0.6) is 0 Å². The summed E-state index contributed by atoms with van der Waals surface area (Å²) in [6.45, 7) is 6.86. The van der Waals surface area contributed by atoms with Crippen LogP contribution in [-0.2, 0) is 0 Å². The van der Waals surface area contributed by atoms with Gasteiger partial charge in [-0.1, -0.05) is 55.1 Å². The Morgan fingerprint density at radius 2 is 1.83 bits per heavy atom. The molecule has 0 amide bonds. The molecule has 36 heavy (non-hydrogen) atoms. The monoisotopic (exact) mass is 476 g/mol. The predicted molar refractivity (Wildman–Crippen MR) is 149 cm³/mol. The molecule has 5 rings (SSSR count). The van der Waals surface area contributed by atoms with Crippen molar-refractivity contribution in [2.45, 2.75) is 6.92 Å². The molecule has 0 radical (unpaired) electrons. The van der Waals surface area contributed by atoms with Gasteiger partial charge in [0.25, 0.3) is 0 Å². The Morgan fingerprint density at radius 1 is 1.00 bits per heavy atom. The molecule has 5 heteroatoms. The summed E-state index contributed by atoms with van der Waals surface area (Å²) in [6.07, 6.45) is 6.21. The highest BCUT2D eigenvalue weighted by Gasteiger charge is 2.15. The second kappa shape index (κ2) is 9.80. The van der Waals surface area contributed by atoms with Gasteiger partial charge in [-0.3, -0.25) is 5.10 Å². The van der Waals surface area contributed by atoms with Crippen LogP contribution in [0.4, 0.5) is 4.39 Å². The third-order valence-corrected chi connectivity index (χ3v) is 6.36. The van der Waals surface area contributed by atoms with Crippen molar-refractivity contribution in [3.63, 3.8) is 0 Å². The fourth-order valence-electron chi connectivity index (χ4n) is 4.66. The van der Waals surface area contributed by atoms with E-state index in [1.165, 1.54) is 6.07 Å². The van der Waals surface area contributed by atoms with Crippen LogP contribution < -0.4 is 0 Å². The van der Waals surface area contributed by atoms with Crippen molar-refractivity contribution in [1.82, 2.24) is 20.1 Å². The topological polar surface area (TPSA) is 47.7 Å². The fourth-order valence-corrected chi connectivity index (χ4v) is 4.66. The number of likely N-dealkylation sites (N-methyl/N-ethyl adjacent to an activating group) is 1. The maximum atomic E-state index is 13.9. The minimum Gasteiger partial charge on any atom is -0.353 e. The number of benzene rings is 3. The number of aromatic nitrogens is 3. The van der Waals surface area contributed by atoms with Gasteiger partial charge in [0, 0.05) is 22.8 Å². The zero-order chi connectivity index (χ0) is 25.2. The summed E-state index contributed by atoms with van der Waals surface area (Å²) < 4.78 is 13.9. The van der Waals surface area contributed by atoms with E-state index in [4.69, 9.17) is 0 Å². The van der Waals surface area contributed by atoms with Gasteiger partial charge in [-0.25, -0.2) is 4.39 Å². The highest BCUT2D eigenvalue weighted by molar-refractivity contribution is 6.01. The summed E-state index contributed by atoms with van der Waals surface area (Å²) in [4.78, 5) is 5.65. The average Bonchev–Trinajstić information content (AvgIpc) is 3.49. The van der Waals surface area contributed by atoms with E-state index < -0.39 is 0 Å². The minimum atomic E-state index is -0.245. The van der Waals surface area contributed by atoms with Crippen molar-refractivity contribution in [2.24, 2.45) is 0 Å². The first-order valence-electron chi connectivity index (χ1n) is 12.0. The lowest BCUT2D eigenvalue weighted by atomic mass is 9.99. The van der Waals surface area contributed by atoms with Crippen LogP contribution in [0.3, 0.4) is 0 Å². The van der Waals surface area contributed by atoms with Gasteiger partial charge in [0.05, 0.1) is 11.2 Å². The van der Waals surface area contributed by atoms with Crippen molar-refractivity contribution < 1.29 is 4.39 Å². The summed E-state index contributed by atoms with van der Waals surface area (Å²) in [5.74, 6) is -0.245. The van der Waals surface area contributed by atoms with Crippen LogP contribution in [-0.4, -0.2) is 40.7 Å². The number of allylic oxidation sites excluding steroid dienone is 3. The van der Waals surface area contributed by atoms with Gasteiger partial charge in [0.1, 0.15) is 11.5 Å². The number of hydrogen-bond donors (Lipinski definition) is 2. The van der Waals surface area contributed by atoms with Crippen LogP contribution in [0.25, 0.3) is 49.9 Å². The Balaban J connectivity index is 1.59. The summed E-state index contributed by atoms with van der Waals surface area (Å²) in [5, 5.41) is 9.88. The minimum absolute atomic E-state index is 0.245. The van der Waals surface area contributed by atoms with Gasteiger partial charge in [0.2, 0.25) is 0 Å². The molecule has 0 saturated carbocycles. The van der Waals surface area contributed by atoms with Gasteiger partial charge >= 0.3 is 0 Å². The number of hydrogen-bond acceptors (Lipinski definition) is 2. The van der Waals surface area contributed by atoms with E-state index in [-0.39, 0.29) is 5.82 Å². The van der Waals surface area contributed by atoms with E-state index in [2.05, 4.69) is 77.2 Å². The van der Waals surface area contributed by atoms with E-state index >= 15 is 0 Å². The molecule has 3 aromatic carbocycles. The van der Waals surface area contributed by atoms with E-state index in [9.17, 15) is 4.39 Å². The standard InChI is InChI=1S/C31H29FN4/c1-5-20(19-36(3)4)15-21(6-2)22-13-14-29-27(17-22)31(35-34-29)30-18-26-25(11-8-12-28(26)33-30)23-9-7-10-24(32)16-23/h5-18,33H,1,19H2,2-4H3,(H,34,35)/b20-15+,21-6+. The Labute approximate surface area is 210 Å². The molecule has 0 aliphatic carbocycles.